The summed E-state index contributed by atoms with van der Waals surface area (Å²) < 4.78 is 10.1. The zero-order valence-electron chi connectivity index (χ0n) is 17.8. The summed E-state index contributed by atoms with van der Waals surface area (Å²) in [5, 5.41) is 20.5. The highest BCUT2D eigenvalue weighted by atomic mass is 16.6. The Hall–Kier alpha value is -4.01. The number of carboxylic acids is 1. The van der Waals surface area contributed by atoms with E-state index in [0.717, 1.165) is 22.4 Å². The predicted octanol–water partition coefficient (Wildman–Crippen LogP) is 4.79. The van der Waals surface area contributed by atoms with E-state index in [1.807, 2.05) is 50.2 Å². The first-order valence-corrected chi connectivity index (χ1v) is 10.4. The van der Waals surface area contributed by atoms with Crippen LogP contribution in [-0.4, -0.2) is 38.0 Å². The Balaban J connectivity index is 1.74. The van der Waals surface area contributed by atoms with Gasteiger partial charge >= 0.3 is 12.0 Å². The molecular weight excluding hydrogens is 410 g/mol. The Morgan fingerprint density at radius 1 is 1.09 bits per heavy atom. The van der Waals surface area contributed by atoms with E-state index < -0.39 is 5.97 Å². The maximum absolute atomic E-state index is 11.3. The van der Waals surface area contributed by atoms with Crippen molar-refractivity contribution < 1.29 is 19.3 Å². The van der Waals surface area contributed by atoms with Crippen LogP contribution in [0.2, 0.25) is 0 Å². The molecule has 0 radical (unpaired) electrons. The zero-order chi connectivity index (χ0) is 22.5. The van der Waals surface area contributed by atoms with E-state index in [1.165, 1.54) is 0 Å². The molecule has 1 unspecified atom stereocenters. The van der Waals surface area contributed by atoms with E-state index in [9.17, 15) is 9.90 Å². The van der Waals surface area contributed by atoms with Gasteiger partial charge < -0.3 is 15.2 Å². The van der Waals surface area contributed by atoms with Crippen molar-refractivity contribution in [3.05, 3.63) is 54.4 Å². The number of hydrogen-bond donors (Lipinski definition) is 2. The van der Waals surface area contributed by atoms with Gasteiger partial charge in [0.1, 0.15) is 11.0 Å². The number of hydrogen-bond acceptors (Lipinski definition) is 8. The summed E-state index contributed by atoms with van der Waals surface area (Å²) in [4.78, 5) is 19.7. The highest BCUT2D eigenvalue weighted by Crippen LogP contribution is 2.35. The molecule has 0 bridgehead atoms. The fourth-order valence-electron chi connectivity index (χ4n) is 3.57. The number of ether oxygens (including phenoxy) is 1. The number of benzene rings is 2. The van der Waals surface area contributed by atoms with Crippen molar-refractivity contribution >= 4 is 28.4 Å². The molecule has 1 atom stereocenters. The van der Waals surface area contributed by atoms with Crippen molar-refractivity contribution in [2.24, 2.45) is 0 Å². The van der Waals surface area contributed by atoms with Gasteiger partial charge in [-0.2, -0.15) is 0 Å². The minimum Gasteiger partial charge on any atom is -0.481 e. The number of nitrogens with zero attached hydrogens (tertiary/aromatic N) is 4. The predicted molar refractivity (Wildman–Crippen MR) is 119 cm³/mol. The van der Waals surface area contributed by atoms with Crippen molar-refractivity contribution in [1.29, 1.82) is 0 Å². The van der Waals surface area contributed by atoms with Crippen LogP contribution in [0.4, 0.5) is 11.4 Å². The SMILES string of the molecule is CCOc1ncc(Nc2cc(C(CC)CC(=O)O)ccc2-c2ccc3nonc3c2)cn1. The molecule has 2 aromatic carbocycles. The van der Waals surface area contributed by atoms with E-state index in [2.05, 4.69) is 25.6 Å². The van der Waals surface area contributed by atoms with Crippen LogP contribution in [0.5, 0.6) is 6.01 Å². The van der Waals surface area contributed by atoms with E-state index in [4.69, 9.17) is 9.37 Å². The lowest BCUT2D eigenvalue weighted by Gasteiger charge is -2.18. The van der Waals surface area contributed by atoms with Crippen molar-refractivity contribution in [3.8, 4) is 17.1 Å². The maximum atomic E-state index is 11.3. The minimum absolute atomic E-state index is 0.0675. The standard InChI is InChI=1S/C23H23N5O4/c1-3-14(11-22(29)30)15-5-7-18(16-6-8-19-21(10-16)28-32-27-19)20(9-15)26-17-12-24-23(25-13-17)31-4-2/h5-10,12-14,26H,3-4,11H2,1-2H3,(H,29,30). The number of nitrogens with one attached hydrogen (secondary N) is 1. The summed E-state index contributed by atoms with van der Waals surface area (Å²) in [5.41, 5.74) is 5.58. The molecule has 2 N–H and O–H groups in total. The van der Waals surface area contributed by atoms with Crippen LogP contribution in [0, 0.1) is 0 Å². The molecule has 2 aromatic heterocycles. The minimum atomic E-state index is -0.820. The molecule has 9 nitrogen and oxygen atoms in total. The van der Waals surface area contributed by atoms with Gasteiger partial charge in [-0.15, -0.1) is 0 Å². The first-order valence-electron chi connectivity index (χ1n) is 10.4. The Labute approximate surface area is 184 Å². The lowest BCUT2D eigenvalue weighted by atomic mass is 9.90. The fourth-order valence-corrected chi connectivity index (χ4v) is 3.57. The van der Waals surface area contributed by atoms with Crippen LogP contribution in [0.3, 0.4) is 0 Å². The Morgan fingerprint density at radius 2 is 1.88 bits per heavy atom. The molecule has 0 saturated carbocycles. The molecule has 9 heteroatoms. The average molecular weight is 433 g/mol. The van der Waals surface area contributed by atoms with E-state index in [1.54, 1.807) is 12.4 Å². The second kappa shape index (κ2) is 9.42. The molecule has 164 valence electrons. The van der Waals surface area contributed by atoms with Gasteiger partial charge in [-0.25, -0.2) is 14.6 Å². The van der Waals surface area contributed by atoms with Gasteiger partial charge in [0, 0.05) is 11.3 Å². The third-order valence-electron chi connectivity index (χ3n) is 5.17. The summed E-state index contributed by atoms with van der Waals surface area (Å²) in [6.07, 6.45) is 4.08. The molecule has 0 amide bonds. The number of anilines is 2. The maximum Gasteiger partial charge on any atom is 0.316 e. The van der Waals surface area contributed by atoms with Gasteiger partial charge in [0.05, 0.1) is 31.1 Å². The van der Waals surface area contributed by atoms with Gasteiger partial charge in [-0.05, 0) is 58.9 Å². The molecule has 32 heavy (non-hydrogen) atoms. The van der Waals surface area contributed by atoms with Crippen LogP contribution in [-0.2, 0) is 4.79 Å². The highest BCUT2D eigenvalue weighted by molar-refractivity contribution is 5.87. The molecule has 0 saturated heterocycles. The summed E-state index contributed by atoms with van der Waals surface area (Å²) in [5.74, 6) is -0.916. The molecule has 0 spiro atoms. The second-order valence-corrected chi connectivity index (χ2v) is 7.29. The Bertz CT molecular complexity index is 1220. The van der Waals surface area contributed by atoms with Gasteiger partial charge in [-0.1, -0.05) is 25.1 Å². The molecule has 0 aliphatic heterocycles. The number of aromatic nitrogens is 4. The van der Waals surface area contributed by atoms with Crippen molar-refractivity contribution in [3.63, 3.8) is 0 Å². The van der Waals surface area contributed by atoms with Crippen LogP contribution in [0.15, 0.2) is 53.4 Å². The summed E-state index contributed by atoms with van der Waals surface area (Å²) >= 11 is 0. The summed E-state index contributed by atoms with van der Waals surface area (Å²) in [6, 6.07) is 11.9. The Morgan fingerprint density at radius 3 is 2.59 bits per heavy atom. The molecule has 4 rings (SSSR count). The average Bonchev–Trinajstić information content (AvgIpc) is 3.27. The van der Waals surface area contributed by atoms with Crippen LogP contribution in [0.25, 0.3) is 22.2 Å². The second-order valence-electron chi connectivity index (χ2n) is 7.29. The molecule has 2 heterocycles. The zero-order valence-corrected chi connectivity index (χ0v) is 17.8. The number of fused-ring (bicyclic) bond motifs is 1. The highest BCUT2D eigenvalue weighted by Gasteiger charge is 2.17. The lowest BCUT2D eigenvalue weighted by molar-refractivity contribution is -0.137. The third kappa shape index (κ3) is 4.66. The first kappa shape index (κ1) is 21.2. The monoisotopic (exact) mass is 433 g/mol. The smallest absolute Gasteiger partial charge is 0.316 e. The number of carboxylic acid groups (broad SMARTS) is 1. The molecular formula is C23H23N5O4. The van der Waals surface area contributed by atoms with Crippen LogP contribution >= 0.6 is 0 Å². The Kier molecular flexibility index (Phi) is 6.25. The van der Waals surface area contributed by atoms with Crippen molar-refractivity contribution in [1.82, 2.24) is 20.3 Å². The largest absolute Gasteiger partial charge is 0.481 e. The number of rotatable bonds is 9. The lowest BCUT2D eigenvalue weighted by Crippen LogP contribution is -2.06. The normalized spacial score (nSPS) is 11.9. The van der Waals surface area contributed by atoms with Crippen LogP contribution in [0.1, 0.15) is 38.2 Å². The summed E-state index contributed by atoms with van der Waals surface area (Å²) in [6.45, 7) is 4.34. The van der Waals surface area contributed by atoms with Crippen LogP contribution < -0.4 is 10.1 Å². The first-order chi connectivity index (χ1) is 15.6. The summed E-state index contributed by atoms with van der Waals surface area (Å²) in [7, 11) is 0. The third-order valence-corrected chi connectivity index (χ3v) is 5.17. The van der Waals surface area contributed by atoms with Crippen molar-refractivity contribution in [2.75, 3.05) is 11.9 Å². The van der Waals surface area contributed by atoms with Gasteiger partial charge in [-0.3, -0.25) is 4.79 Å². The molecule has 4 aromatic rings. The molecule has 0 fully saturated rings. The number of carbonyl (C=O) groups is 1. The number of aliphatic carboxylic acids is 1. The van der Waals surface area contributed by atoms with E-state index >= 15 is 0 Å². The van der Waals surface area contributed by atoms with Crippen molar-refractivity contribution in [2.45, 2.75) is 32.6 Å². The molecule has 0 aliphatic rings. The van der Waals surface area contributed by atoms with Gasteiger partial charge in [0.15, 0.2) is 0 Å². The quantitative estimate of drug-likeness (QED) is 0.383. The van der Waals surface area contributed by atoms with Gasteiger partial charge in [0.25, 0.3) is 0 Å². The van der Waals surface area contributed by atoms with Gasteiger partial charge in [0.2, 0.25) is 0 Å². The molecule has 0 aliphatic carbocycles. The van der Waals surface area contributed by atoms with E-state index in [-0.39, 0.29) is 12.3 Å². The topological polar surface area (TPSA) is 123 Å². The van der Waals surface area contributed by atoms with E-state index in [0.29, 0.717) is 35.8 Å². The fraction of sp³-hybridized carbons (Fsp3) is 0.261.